The van der Waals surface area contributed by atoms with Crippen LogP contribution < -0.4 is 10.1 Å². The molecular formula is C26H26N2O5S. The maximum atomic E-state index is 13.2. The third kappa shape index (κ3) is 4.32. The van der Waals surface area contributed by atoms with Crippen LogP contribution in [0.3, 0.4) is 0 Å². The molecule has 7 nitrogen and oxygen atoms in total. The molecule has 0 unspecified atom stereocenters. The number of sulfonamides is 1. The average Bonchev–Trinajstić information content (AvgIpc) is 3.22. The second-order valence-electron chi connectivity index (χ2n) is 8.43. The summed E-state index contributed by atoms with van der Waals surface area (Å²) in [6.45, 7) is 1.29. The molecule has 3 aromatic rings. The Morgan fingerprint density at radius 1 is 1.00 bits per heavy atom. The fourth-order valence-electron chi connectivity index (χ4n) is 4.57. The quantitative estimate of drug-likeness (QED) is 0.459. The van der Waals surface area contributed by atoms with Gasteiger partial charge in [0.2, 0.25) is 15.9 Å². The lowest BCUT2D eigenvalue weighted by molar-refractivity contribution is -0.115. The Hall–Kier alpha value is -3.20. The van der Waals surface area contributed by atoms with Gasteiger partial charge in [0.25, 0.3) is 0 Å². The summed E-state index contributed by atoms with van der Waals surface area (Å²) in [4.78, 5) is 12.9. The summed E-state index contributed by atoms with van der Waals surface area (Å²) < 4.78 is 38.4. The van der Waals surface area contributed by atoms with Crippen LogP contribution in [-0.4, -0.2) is 52.0 Å². The van der Waals surface area contributed by atoms with Gasteiger partial charge in [-0.25, -0.2) is 8.42 Å². The first-order valence-electron chi connectivity index (χ1n) is 11.2. The summed E-state index contributed by atoms with van der Waals surface area (Å²) in [5.41, 5.74) is 6.23. The van der Waals surface area contributed by atoms with Gasteiger partial charge in [0, 0.05) is 18.8 Å². The van der Waals surface area contributed by atoms with Crippen LogP contribution >= 0.6 is 0 Å². The largest absolute Gasteiger partial charge is 0.495 e. The number of carbonyl (C=O) groups excluding carboxylic acids is 1. The van der Waals surface area contributed by atoms with Crippen molar-refractivity contribution in [2.75, 3.05) is 38.7 Å². The summed E-state index contributed by atoms with van der Waals surface area (Å²) >= 11 is 0. The van der Waals surface area contributed by atoms with Gasteiger partial charge in [0.1, 0.15) is 10.6 Å². The zero-order chi connectivity index (χ0) is 23.7. The highest BCUT2D eigenvalue weighted by molar-refractivity contribution is 7.89. The van der Waals surface area contributed by atoms with Gasteiger partial charge < -0.3 is 14.8 Å². The minimum Gasteiger partial charge on any atom is -0.495 e. The average molecular weight is 479 g/mol. The third-order valence-electron chi connectivity index (χ3n) is 6.26. The van der Waals surface area contributed by atoms with Crippen LogP contribution in [0.2, 0.25) is 0 Å². The number of amides is 1. The van der Waals surface area contributed by atoms with Crippen molar-refractivity contribution in [1.82, 2.24) is 4.31 Å². The number of methoxy groups -OCH3 is 1. The van der Waals surface area contributed by atoms with Gasteiger partial charge in [-0.05, 0) is 58.5 Å². The molecule has 0 radical (unpaired) electrons. The predicted molar refractivity (Wildman–Crippen MR) is 130 cm³/mol. The molecule has 8 heteroatoms. The summed E-state index contributed by atoms with van der Waals surface area (Å²) in [7, 11) is -2.32. The number of morpholine rings is 1. The summed E-state index contributed by atoms with van der Waals surface area (Å²) in [6, 6.07) is 19.1. The highest BCUT2D eigenvalue weighted by Gasteiger charge is 2.29. The Balaban J connectivity index is 1.32. The second-order valence-corrected chi connectivity index (χ2v) is 10.3. The van der Waals surface area contributed by atoms with E-state index in [0.29, 0.717) is 31.9 Å². The summed E-state index contributed by atoms with van der Waals surface area (Å²) in [5, 5.41) is 2.95. The van der Waals surface area contributed by atoms with Crippen LogP contribution in [0.4, 0.5) is 5.69 Å². The first-order chi connectivity index (χ1) is 16.5. The molecule has 1 aliphatic heterocycles. The van der Waals surface area contributed by atoms with Crippen LogP contribution in [0.5, 0.6) is 5.75 Å². The van der Waals surface area contributed by atoms with E-state index in [4.69, 9.17) is 9.47 Å². The molecule has 1 heterocycles. The molecule has 0 saturated carbocycles. The molecule has 2 aliphatic rings. The van der Waals surface area contributed by atoms with E-state index < -0.39 is 10.0 Å². The van der Waals surface area contributed by atoms with Gasteiger partial charge in [-0.15, -0.1) is 0 Å². The smallest absolute Gasteiger partial charge is 0.246 e. The first kappa shape index (κ1) is 22.6. The zero-order valence-corrected chi connectivity index (χ0v) is 19.7. The number of nitrogens with one attached hydrogen (secondary N) is 1. The van der Waals surface area contributed by atoms with Crippen LogP contribution in [0.1, 0.15) is 16.7 Å². The predicted octanol–water partition coefficient (Wildman–Crippen LogP) is 3.47. The van der Waals surface area contributed by atoms with Crippen molar-refractivity contribution in [3.8, 4) is 16.9 Å². The first-order valence-corrected chi connectivity index (χ1v) is 12.7. The van der Waals surface area contributed by atoms with Gasteiger partial charge in [-0.2, -0.15) is 4.31 Å². The molecule has 0 aromatic heterocycles. The number of carbonyl (C=O) groups is 1. The van der Waals surface area contributed by atoms with Crippen molar-refractivity contribution in [3.63, 3.8) is 0 Å². The lowest BCUT2D eigenvalue weighted by Gasteiger charge is -2.26. The van der Waals surface area contributed by atoms with E-state index in [0.717, 1.165) is 12.1 Å². The molecule has 0 bridgehead atoms. The minimum absolute atomic E-state index is 0.0485. The minimum atomic E-state index is -3.76. The number of benzene rings is 3. The Morgan fingerprint density at radius 2 is 1.76 bits per heavy atom. The maximum absolute atomic E-state index is 13.2. The Labute approximate surface area is 199 Å². The van der Waals surface area contributed by atoms with Crippen molar-refractivity contribution in [2.24, 2.45) is 0 Å². The van der Waals surface area contributed by atoms with Crippen LogP contribution in [0.25, 0.3) is 11.1 Å². The molecule has 1 N–H and O–H groups in total. The van der Waals surface area contributed by atoms with Crippen LogP contribution in [-0.2, 0) is 32.4 Å². The molecule has 0 atom stereocenters. The molecule has 1 aliphatic carbocycles. The molecule has 176 valence electrons. The topological polar surface area (TPSA) is 84.9 Å². The maximum Gasteiger partial charge on any atom is 0.246 e. The molecule has 1 saturated heterocycles. The lowest BCUT2D eigenvalue weighted by Crippen LogP contribution is -2.40. The second kappa shape index (κ2) is 9.21. The van der Waals surface area contributed by atoms with E-state index in [1.807, 2.05) is 30.3 Å². The number of ether oxygens (including phenoxy) is 2. The molecule has 34 heavy (non-hydrogen) atoms. The van der Waals surface area contributed by atoms with Crippen LogP contribution in [0.15, 0.2) is 65.6 Å². The summed E-state index contributed by atoms with van der Waals surface area (Å²) in [5.74, 6) is 0.0455. The number of hydrogen-bond donors (Lipinski definition) is 1. The summed E-state index contributed by atoms with van der Waals surface area (Å²) in [6.07, 6.45) is 0.892. The highest BCUT2D eigenvalue weighted by atomic mass is 32.2. The number of fused-ring (bicyclic) bond motifs is 3. The standard InChI is InChI=1S/C26H26N2O5S/c1-32-24-9-6-18(14-25(24)34(30,31)28-10-12-33-13-11-28)15-26(29)27-21-7-8-23-20(17-21)16-19-4-2-3-5-22(19)23/h2-9,14,17H,10-13,15-16H2,1H3,(H,27,29). The molecule has 5 rings (SSSR count). The SMILES string of the molecule is COc1ccc(CC(=O)Nc2ccc3c(c2)Cc2ccccc2-3)cc1S(=O)(=O)N1CCOCC1. The van der Waals surface area contributed by atoms with Crippen molar-refractivity contribution < 1.29 is 22.7 Å². The lowest BCUT2D eigenvalue weighted by atomic mass is 10.1. The molecule has 3 aromatic carbocycles. The zero-order valence-electron chi connectivity index (χ0n) is 18.9. The number of rotatable bonds is 6. The van der Waals surface area contributed by atoms with Gasteiger partial charge >= 0.3 is 0 Å². The number of hydrogen-bond acceptors (Lipinski definition) is 5. The van der Waals surface area contributed by atoms with Gasteiger partial charge in [0.05, 0.1) is 26.7 Å². The van der Waals surface area contributed by atoms with Crippen molar-refractivity contribution in [2.45, 2.75) is 17.7 Å². The van der Waals surface area contributed by atoms with E-state index in [9.17, 15) is 13.2 Å². The third-order valence-corrected chi connectivity index (χ3v) is 8.18. The van der Waals surface area contributed by atoms with E-state index >= 15 is 0 Å². The van der Waals surface area contributed by atoms with E-state index in [2.05, 4.69) is 17.4 Å². The Kier molecular flexibility index (Phi) is 6.12. The van der Waals surface area contributed by atoms with Crippen molar-refractivity contribution >= 4 is 21.6 Å². The fraction of sp³-hybridized carbons (Fsp3) is 0.269. The van der Waals surface area contributed by atoms with E-state index in [1.54, 1.807) is 12.1 Å². The van der Waals surface area contributed by atoms with E-state index in [-0.39, 0.29) is 23.0 Å². The van der Waals surface area contributed by atoms with Gasteiger partial charge in [-0.1, -0.05) is 36.4 Å². The molecule has 1 fully saturated rings. The number of nitrogens with zero attached hydrogens (tertiary/aromatic N) is 1. The van der Waals surface area contributed by atoms with Gasteiger partial charge in [0.15, 0.2) is 0 Å². The molecular weight excluding hydrogens is 452 g/mol. The Bertz CT molecular complexity index is 1350. The molecule has 0 spiro atoms. The van der Waals surface area contributed by atoms with Crippen molar-refractivity contribution in [3.05, 3.63) is 77.4 Å². The molecule has 1 amide bonds. The van der Waals surface area contributed by atoms with Gasteiger partial charge in [-0.3, -0.25) is 4.79 Å². The van der Waals surface area contributed by atoms with Crippen LogP contribution in [0, 0.1) is 0 Å². The number of anilines is 1. The normalized spacial score (nSPS) is 15.4. The van der Waals surface area contributed by atoms with Crippen molar-refractivity contribution in [1.29, 1.82) is 0 Å². The Morgan fingerprint density at radius 3 is 2.56 bits per heavy atom. The van der Waals surface area contributed by atoms with E-state index in [1.165, 1.54) is 39.7 Å². The monoisotopic (exact) mass is 478 g/mol. The fourth-order valence-corrected chi connectivity index (χ4v) is 6.19. The highest BCUT2D eigenvalue weighted by Crippen LogP contribution is 2.37.